The lowest BCUT2D eigenvalue weighted by atomic mass is 9.93. The van der Waals surface area contributed by atoms with Gasteiger partial charge in [-0.2, -0.15) is 5.26 Å². The molecule has 0 saturated heterocycles. The molecule has 2 heteroatoms. The molecule has 1 heterocycles. The summed E-state index contributed by atoms with van der Waals surface area (Å²) in [4.78, 5) is 2.27. The minimum absolute atomic E-state index is 0.0416. The Bertz CT molecular complexity index is 627. The fraction of sp³-hybridized carbons (Fsp3) is 0.278. The summed E-state index contributed by atoms with van der Waals surface area (Å²) in [5.41, 5.74) is 3.81. The van der Waals surface area contributed by atoms with E-state index in [-0.39, 0.29) is 12.1 Å². The van der Waals surface area contributed by atoms with Gasteiger partial charge in [0.15, 0.2) is 0 Å². The van der Waals surface area contributed by atoms with Crippen LogP contribution in [0.2, 0.25) is 0 Å². The van der Waals surface area contributed by atoms with Gasteiger partial charge in [-0.3, -0.25) is 0 Å². The topological polar surface area (TPSA) is 27.0 Å². The highest BCUT2D eigenvalue weighted by Crippen LogP contribution is 2.36. The van der Waals surface area contributed by atoms with Crippen molar-refractivity contribution in [2.24, 2.45) is 0 Å². The van der Waals surface area contributed by atoms with E-state index in [1.54, 1.807) is 0 Å². The lowest BCUT2D eigenvalue weighted by molar-refractivity contribution is 0.553. The number of hydrogen-bond acceptors (Lipinski definition) is 2. The molecular weight excluding hydrogens is 244 g/mol. The Morgan fingerprint density at radius 1 is 1.10 bits per heavy atom. The van der Waals surface area contributed by atoms with Gasteiger partial charge in [-0.1, -0.05) is 48.5 Å². The summed E-state index contributed by atoms with van der Waals surface area (Å²) >= 11 is 0. The van der Waals surface area contributed by atoms with E-state index in [0.29, 0.717) is 0 Å². The third kappa shape index (κ3) is 2.16. The summed E-state index contributed by atoms with van der Waals surface area (Å²) in [7, 11) is 0. The zero-order chi connectivity index (χ0) is 13.9. The molecule has 0 spiro atoms. The van der Waals surface area contributed by atoms with Gasteiger partial charge in [0.25, 0.3) is 0 Å². The minimum Gasteiger partial charge on any atom is -0.349 e. The number of benzene rings is 2. The van der Waals surface area contributed by atoms with Crippen LogP contribution >= 0.6 is 0 Å². The Morgan fingerprint density at radius 2 is 1.80 bits per heavy atom. The van der Waals surface area contributed by atoms with Crippen molar-refractivity contribution in [3.8, 4) is 6.07 Å². The summed E-state index contributed by atoms with van der Waals surface area (Å²) < 4.78 is 0. The van der Waals surface area contributed by atoms with Crippen molar-refractivity contribution in [2.45, 2.75) is 31.8 Å². The zero-order valence-corrected chi connectivity index (χ0v) is 11.7. The molecule has 2 aromatic rings. The van der Waals surface area contributed by atoms with E-state index in [4.69, 9.17) is 0 Å². The minimum atomic E-state index is -0.0416. The normalized spacial score (nSPS) is 19.0. The fourth-order valence-corrected chi connectivity index (χ4v) is 3.07. The van der Waals surface area contributed by atoms with Crippen LogP contribution in [0.3, 0.4) is 0 Å². The molecule has 0 amide bonds. The van der Waals surface area contributed by atoms with E-state index in [2.05, 4.69) is 66.4 Å². The van der Waals surface area contributed by atoms with Gasteiger partial charge in [0.1, 0.15) is 6.04 Å². The smallest absolute Gasteiger partial charge is 0.117 e. The summed E-state index contributed by atoms with van der Waals surface area (Å²) in [6.45, 7) is 2.18. The molecule has 2 aromatic carbocycles. The summed E-state index contributed by atoms with van der Waals surface area (Å²) in [5.74, 6) is 0. The van der Waals surface area contributed by atoms with Gasteiger partial charge in [-0.05, 0) is 37.0 Å². The van der Waals surface area contributed by atoms with Gasteiger partial charge >= 0.3 is 0 Å². The average Bonchev–Trinajstić information content (AvgIpc) is 2.54. The first-order chi connectivity index (χ1) is 9.81. The zero-order valence-electron chi connectivity index (χ0n) is 11.7. The maximum atomic E-state index is 9.49. The lowest BCUT2D eigenvalue weighted by Gasteiger charge is -2.40. The molecule has 3 rings (SSSR count). The fourth-order valence-electron chi connectivity index (χ4n) is 3.07. The highest BCUT2D eigenvalue weighted by Gasteiger charge is 2.29. The second-order valence-corrected chi connectivity index (χ2v) is 5.31. The second-order valence-electron chi connectivity index (χ2n) is 5.31. The molecule has 0 radical (unpaired) electrons. The van der Waals surface area contributed by atoms with Crippen molar-refractivity contribution in [1.29, 1.82) is 5.26 Å². The van der Waals surface area contributed by atoms with E-state index >= 15 is 0 Å². The summed E-state index contributed by atoms with van der Waals surface area (Å²) in [5, 5.41) is 9.49. The Morgan fingerprint density at radius 3 is 2.55 bits per heavy atom. The monoisotopic (exact) mass is 262 g/mol. The third-order valence-corrected chi connectivity index (χ3v) is 4.14. The van der Waals surface area contributed by atoms with E-state index < -0.39 is 0 Å². The number of fused-ring (bicyclic) bond motifs is 1. The number of nitriles is 1. The molecular formula is C18H18N2. The summed E-state index contributed by atoms with van der Waals surface area (Å²) in [6.07, 6.45) is 1.90. The van der Waals surface area contributed by atoms with Crippen LogP contribution in [0.1, 0.15) is 30.5 Å². The van der Waals surface area contributed by atoms with Gasteiger partial charge in [-0.15, -0.1) is 0 Å². The molecule has 0 unspecified atom stereocenters. The van der Waals surface area contributed by atoms with Crippen molar-refractivity contribution >= 4 is 5.69 Å². The van der Waals surface area contributed by atoms with E-state index in [1.165, 1.54) is 16.8 Å². The molecule has 100 valence electrons. The summed E-state index contributed by atoms with van der Waals surface area (Å²) in [6, 6.07) is 21.5. The van der Waals surface area contributed by atoms with Crippen molar-refractivity contribution in [3.05, 3.63) is 65.7 Å². The Kier molecular flexibility index (Phi) is 3.43. The maximum absolute atomic E-state index is 9.49. The van der Waals surface area contributed by atoms with Crippen molar-refractivity contribution < 1.29 is 0 Å². The van der Waals surface area contributed by atoms with E-state index in [9.17, 15) is 5.26 Å². The molecule has 0 aromatic heterocycles. The van der Waals surface area contributed by atoms with Crippen molar-refractivity contribution in [3.63, 3.8) is 0 Å². The standard InChI is InChI=1S/C18H18N2/c1-14(15-7-3-2-4-8-15)20-17(13-19)12-11-16-9-5-6-10-18(16)20/h2-10,14,17H,11-12H2,1H3/t14-,17-/m1/s1. The van der Waals surface area contributed by atoms with Crippen LogP contribution in [0.25, 0.3) is 0 Å². The number of aryl methyl sites for hydroxylation is 1. The number of para-hydroxylation sites is 1. The largest absolute Gasteiger partial charge is 0.349 e. The maximum Gasteiger partial charge on any atom is 0.117 e. The van der Waals surface area contributed by atoms with Crippen LogP contribution in [-0.4, -0.2) is 6.04 Å². The van der Waals surface area contributed by atoms with Gasteiger partial charge in [0, 0.05) is 5.69 Å². The van der Waals surface area contributed by atoms with Crippen LogP contribution in [0, 0.1) is 11.3 Å². The van der Waals surface area contributed by atoms with Crippen LogP contribution in [-0.2, 0) is 6.42 Å². The molecule has 0 saturated carbocycles. The van der Waals surface area contributed by atoms with Gasteiger partial charge < -0.3 is 4.90 Å². The molecule has 0 N–H and O–H groups in total. The van der Waals surface area contributed by atoms with Crippen molar-refractivity contribution in [1.82, 2.24) is 0 Å². The van der Waals surface area contributed by atoms with Gasteiger partial charge in [0.2, 0.25) is 0 Å². The Balaban J connectivity index is 2.03. The number of rotatable bonds is 2. The molecule has 0 bridgehead atoms. The molecule has 2 nitrogen and oxygen atoms in total. The molecule has 1 aliphatic rings. The first-order valence-electron chi connectivity index (χ1n) is 7.12. The molecule has 2 atom stereocenters. The average molecular weight is 262 g/mol. The van der Waals surface area contributed by atoms with Crippen LogP contribution < -0.4 is 4.90 Å². The number of anilines is 1. The highest BCUT2D eigenvalue weighted by atomic mass is 15.2. The molecule has 0 fully saturated rings. The Hall–Kier alpha value is -2.27. The van der Waals surface area contributed by atoms with Crippen LogP contribution in [0.15, 0.2) is 54.6 Å². The molecule has 1 aliphatic heterocycles. The quantitative estimate of drug-likeness (QED) is 0.815. The van der Waals surface area contributed by atoms with Crippen molar-refractivity contribution in [2.75, 3.05) is 4.90 Å². The number of nitrogens with zero attached hydrogens (tertiary/aromatic N) is 2. The predicted octanol–water partition coefficient (Wildman–Crippen LogP) is 4.09. The second kappa shape index (κ2) is 5.38. The first kappa shape index (κ1) is 12.7. The van der Waals surface area contributed by atoms with Crippen LogP contribution in [0.5, 0.6) is 0 Å². The molecule has 0 aliphatic carbocycles. The van der Waals surface area contributed by atoms with Crippen LogP contribution in [0.4, 0.5) is 5.69 Å². The lowest BCUT2D eigenvalue weighted by Crippen LogP contribution is -2.40. The molecule has 20 heavy (non-hydrogen) atoms. The highest BCUT2D eigenvalue weighted by molar-refractivity contribution is 5.59. The number of hydrogen-bond donors (Lipinski definition) is 0. The first-order valence-corrected chi connectivity index (χ1v) is 7.12. The predicted molar refractivity (Wildman–Crippen MR) is 81.5 cm³/mol. The van der Waals surface area contributed by atoms with E-state index in [1.807, 2.05) is 6.07 Å². The van der Waals surface area contributed by atoms with E-state index in [0.717, 1.165) is 12.8 Å². The SMILES string of the molecule is C[C@H](c1ccccc1)N1c2ccccc2CC[C@@H]1C#N. The van der Waals surface area contributed by atoms with Gasteiger partial charge in [-0.25, -0.2) is 0 Å². The van der Waals surface area contributed by atoms with Gasteiger partial charge in [0.05, 0.1) is 12.1 Å². The Labute approximate surface area is 120 Å². The third-order valence-electron chi connectivity index (χ3n) is 4.14.